The minimum absolute atomic E-state index is 0.0924. The van der Waals surface area contributed by atoms with E-state index in [-0.39, 0.29) is 5.96 Å². The van der Waals surface area contributed by atoms with Crippen molar-refractivity contribution < 1.29 is 0 Å². The molecule has 0 aromatic heterocycles. The first-order valence-electron chi connectivity index (χ1n) is 4.94. The zero-order chi connectivity index (χ0) is 12.1. The maximum atomic E-state index is 7.27. The summed E-state index contributed by atoms with van der Waals surface area (Å²) in [6.45, 7) is 0. The summed E-state index contributed by atoms with van der Waals surface area (Å²) < 4.78 is 0. The molecule has 88 valence electrons. The first kappa shape index (κ1) is 12.0. The van der Waals surface area contributed by atoms with Crippen molar-refractivity contribution in [3.63, 3.8) is 0 Å². The van der Waals surface area contributed by atoms with Crippen molar-refractivity contribution in [2.45, 2.75) is 0 Å². The molecular formula is C10H18N6. The van der Waals surface area contributed by atoms with Gasteiger partial charge in [0.05, 0.1) is 17.1 Å². The third-order valence-corrected chi connectivity index (χ3v) is 2.23. The molecule has 0 amide bonds. The van der Waals surface area contributed by atoms with Crippen molar-refractivity contribution >= 4 is 28.7 Å². The molecule has 0 aliphatic carbocycles. The van der Waals surface area contributed by atoms with Crippen LogP contribution in [0.25, 0.3) is 0 Å². The molecule has 0 aliphatic heterocycles. The van der Waals surface area contributed by atoms with Gasteiger partial charge in [-0.1, -0.05) is 0 Å². The highest BCUT2D eigenvalue weighted by molar-refractivity contribution is 5.99. The summed E-state index contributed by atoms with van der Waals surface area (Å²) in [5, 5.41) is 19.2. The van der Waals surface area contributed by atoms with Crippen LogP contribution in [-0.2, 0) is 0 Å². The van der Waals surface area contributed by atoms with Crippen molar-refractivity contribution in [3.8, 4) is 0 Å². The topological polar surface area (TPSA) is 98.0 Å². The Bertz CT molecular complexity index is 362. The van der Waals surface area contributed by atoms with Crippen LogP contribution in [0, 0.1) is 5.41 Å². The third-order valence-electron chi connectivity index (χ3n) is 2.23. The molecule has 0 fully saturated rings. The number of nitrogens with one attached hydrogen (secondary N) is 5. The lowest BCUT2D eigenvalue weighted by molar-refractivity contribution is 1.38. The minimum atomic E-state index is -0.0924. The molecule has 0 saturated heterocycles. The van der Waals surface area contributed by atoms with E-state index in [9.17, 15) is 0 Å². The normalized spacial score (nSPS) is 9.44. The number of nitrogens with two attached hydrogens (primary N) is 1. The summed E-state index contributed by atoms with van der Waals surface area (Å²) in [7, 11) is 5.49. The Morgan fingerprint density at radius 2 is 1.56 bits per heavy atom. The van der Waals surface area contributed by atoms with Crippen molar-refractivity contribution in [2.24, 2.45) is 5.73 Å². The molecule has 0 aliphatic rings. The number of anilines is 4. The molecule has 7 N–H and O–H groups in total. The van der Waals surface area contributed by atoms with Crippen LogP contribution in [0.2, 0.25) is 0 Å². The van der Waals surface area contributed by atoms with Crippen LogP contribution in [0.1, 0.15) is 0 Å². The van der Waals surface area contributed by atoms with E-state index in [1.54, 1.807) is 0 Å². The molecule has 16 heavy (non-hydrogen) atoms. The van der Waals surface area contributed by atoms with Gasteiger partial charge in [0.25, 0.3) is 0 Å². The van der Waals surface area contributed by atoms with E-state index in [2.05, 4.69) is 21.3 Å². The second-order valence-corrected chi connectivity index (χ2v) is 3.24. The zero-order valence-electron chi connectivity index (χ0n) is 9.73. The van der Waals surface area contributed by atoms with E-state index in [1.165, 1.54) is 0 Å². The number of benzene rings is 1. The SMILES string of the molecule is CNc1cc(NC)c(NC(=N)N)c(NC)c1. The average molecular weight is 222 g/mol. The molecule has 0 spiro atoms. The third kappa shape index (κ3) is 2.47. The van der Waals surface area contributed by atoms with Gasteiger partial charge in [0.1, 0.15) is 0 Å². The van der Waals surface area contributed by atoms with Crippen molar-refractivity contribution in [1.82, 2.24) is 0 Å². The molecule has 0 heterocycles. The number of guanidine groups is 1. The van der Waals surface area contributed by atoms with Crippen molar-refractivity contribution in [1.29, 1.82) is 5.41 Å². The Balaban J connectivity index is 3.25. The fraction of sp³-hybridized carbons (Fsp3) is 0.300. The molecular weight excluding hydrogens is 204 g/mol. The molecule has 0 bridgehead atoms. The van der Waals surface area contributed by atoms with Gasteiger partial charge in [0.15, 0.2) is 5.96 Å². The lowest BCUT2D eigenvalue weighted by atomic mass is 10.2. The van der Waals surface area contributed by atoms with E-state index in [1.807, 2.05) is 33.3 Å². The van der Waals surface area contributed by atoms with E-state index in [0.717, 1.165) is 22.7 Å². The lowest BCUT2D eigenvalue weighted by Gasteiger charge is -2.17. The number of hydrogen-bond donors (Lipinski definition) is 6. The van der Waals surface area contributed by atoms with Gasteiger partial charge >= 0.3 is 0 Å². The van der Waals surface area contributed by atoms with Crippen LogP contribution >= 0.6 is 0 Å². The van der Waals surface area contributed by atoms with Crippen LogP contribution in [0.5, 0.6) is 0 Å². The fourth-order valence-electron chi connectivity index (χ4n) is 1.45. The Morgan fingerprint density at radius 3 is 1.88 bits per heavy atom. The fourth-order valence-corrected chi connectivity index (χ4v) is 1.45. The molecule has 0 radical (unpaired) electrons. The summed E-state index contributed by atoms with van der Waals surface area (Å²) in [4.78, 5) is 0. The summed E-state index contributed by atoms with van der Waals surface area (Å²) in [5.41, 5.74) is 8.81. The van der Waals surface area contributed by atoms with Crippen LogP contribution < -0.4 is 27.0 Å². The first-order valence-corrected chi connectivity index (χ1v) is 4.94. The van der Waals surface area contributed by atoms with Gasteiger partial charge in [0, 0.05) is 26.8 Å². The lowest BCUT2D eigenvalue weighted by Crippen LogP contribution is -2.22. The van der Waals surface area contributed by atoms with Gasteiger partial charge in [-0.05, 0) is 12.1 Å². The highest BCUT2D eigenvalue weighted by Gasteiger charge is 2.09. The molecule has 1 aromatic rings. The highest BCUT2D eigenvalue weighted by atomic mass is 15.1. The van der Waals surface area contributed by atoms with Gasteiger partial charge in [-0.3, -0.25) is 5.41 Å². The van der Waals surface area contributed by atoms with Crippen LogP contribution in [0.4, 0.5) is 22.7 Å². The van der Waals surface area contributed by atoms with Crippen LogP contribution in [0.15, 0.2) is 12.1 Å². The molecule has 0 unspecified atom stereocenters. The van der Waals surface area contributed by atoms with E-state index < -0.39 is 0 Å². The molecule has 0 atom stereocenters. The first-order chi connectivity index (χ1) is 7.62. The number of rotatable bonds is 4. The predicted molar refractivity (Wildman–Crippen MR) is 70.6 cm³/mol. The Labute approximate surface area is 95.1 Å². The molecule has 0 saturated carbocycles. The molecule has 6 heteroatoms. The van der Waals surface area contributed by atoms with Gasteiger partial charge < -0.3 is 27.0 Å². The van der Waals surface area contributed by atoms with Crippen molar-refractivity contribution in [3.05, 3.63) is 12.1 Å². The Hall–Kier alpha value is -2.11. The summed E-state index contributed by atoms with van der Waals surface area (Å²) in [6.07, 6.45) is 0. The standard InChI is InChI=1S/C10H18N6/c1-13-6-4-7(14-2)9(16-10(11)12)8(5-6)15-3/h4-5,13-15H,1-3H3,(H4,11,12,16). The Kier molecular flexibility index (Phi) is 3.82. The summed E-state index contributed by atoms with van der Waals surface area (Å²) in [5.74, 6) is -0.0924. The number of hydrogen-bond acceptors (Lipinski definition) is 4. The molecule has 6 nitrogen and oxygen atoms in total. The molecule has 1 rings (SSSR count). The quantitative estimate of drug-likeness (QED) is 0.339. The van der Waals surface area contributed by atoms with Gasteiger partial charge in [0.2, 0.25) is 0 Å². The van der Waals surface area contributed by atoms with E-state index in [4.69, 9.17) is 11.1 Å². The summed E-state index contributed by atoms with van der Waals surface area (Å²) in [6, 6.07) is 3.87. The van der Waals surface area contributed by atoms with Gasteiger partial charge in [-0.25, -0.2) is 0 Å². The van der Waals surface area contributed by atoms with E-state index in [0.29, 0.717) is 0 Å². The predicted octanol–water partition coefficient (Wildman–Crippen LogP) is 1.12. The zero-order valence-corrected chi connectivity index (χ0v) is 9.73. The van der Waals surface area contributed by atoms with Crippen molar-refractivity contribution in [2.75, 3.05) is 42.4 Å². The van der Waals surface area contributed by atoms with E-state index >= 15 is 0 Å². The Morgan fingerprint density at radius 1 is 1.06 bits per heavy atom. The minimum Gasteiger partial charge on any atom is -0.388 e. The second kappa shape index (κ2) is 5.11. The maximum absolute atomic E-state index is 7.27. The molecule has 1 aromatic carbocycles. The average Bonchev–Trinajstić information content (AvgIpc) is 2.28. The second-order valence-electron chi connectivity index (χ2n) is 3.24. The maximum Gasteiger partial charge on any atom is 0.190 e. The monoisotopic (exact) mass is 222 g/mol. The largest absolute Gasteiger partial charge is 0.388 e. The van der Waals surface area contributed by atoms with Gasteiger partial charge in [-0.15, -0.1) is 0 Å². The van der Waals surface area contributed by atoms with Crippen LogP contribution in [0.3, 0.4) is 0 Å². The summed E-state index contributed by atoms with van der Waals surface area (Å²) >= 11 is 0. The van der Waals surface area contributed by atoms with Crippen LogP contribution in [-0.4, -0.2) is 27.1 Å². The smallest absolute Gasteiger partial charge is 0.190 e. The highest BCUT2D eigenvalue weighted by Crippen LogP contribution is 2.33. The van der Waals surface area contributed by atoms with Gasteiger partial charge in [-0.2, -0.15) is 0 Å².